The van der Waals surface area contributed by atoms with Crippen LogP contribution in [0.3, 0.4) is 0 Å². The molecule has 4 heteroatoms. The number of ether oxygens (including phenoxy) is 1. The van der Waals surface area contributed by atoms with E-state index in [1.54, 1.807) is 0 Å². The molecule has 116 valence electrons. The molecule has 0 aliphatic heterocycles. The monoisotopic (exact) mass is 290 g/mol. The van der Waals surface area contributed by atoms with E-state index in [4.69, 9.17) is 10.5 Å². The Morgan fingerprint density at radius 1 is 1.38 bits per heavy atom. The van der Waals surface area contributed by atoms with Crippen molar-refractivity contribution in [1.29, 1.82) is 0 Å². The van der Waals surface area contributed by atoms with Crippen LogP contribution in [0, 0.1) is 0 Å². The fourth-order valence-electron chi connectivity index (χ4n) is 2.27. The highest BCUT2D eigenvalue weighted by Crippen LogP contribution is 2.24. The molecule has 0 aromatic heterocycles. The predicted molar refractivity (Wildman–Crippen MR) is 84.4 cm³/mol. The van der Waals surface area contributed by atoms with Gasteiger partial charge in [-0.2, -0.15) is 0 Å². The van der Waals surface area contributed by atoms with Gasteiger partial charge in [0.25, 0.3) is 0 Å². The zero-order valence-corrected chi connectivity index (χ0v) is 13.2. The Labute approximate surface area is 127 Å². The van der Waals surface area contributed by atoms with Gasteiger partial charge in [0.2, 0.25) is 5.91 Å². The minimum atomic E-state index is -0.682. The lowest BCUT2D eigenvalue weighted by Crippen LogP contribution is -2.54. The standard InChI is InChI=1S/C17H26N2O2/c1-12(2)13-4-8-15(9-5-13)21-11-10-17(3,16(18)20)19-14-6-7-14/h4-5,8-9,12,14,19H,6-7,10-11H2,1-3H3,(H2,18,20). The summed E-state index contributed by atoms with van der Waals surface area (Å²) < 4.78 is 5.74. The van der Waals surface area contributed by atoms with Crippen molar-refractivity contribution in [1.82, 2.24) is 5.32 Å². The van der Waals surface area contributed by atoms with Gasteiger partial charge in [-0.3, -0.25) is 4.79 Å². The van der Waals surface area contributed by atoms with E-state index in [-0.39, 0.29) is 5.91 Å². The van der Waals surface area contributed by atoms with E-state index < -0.39 is 5.54 Å². The molecule has 1 saturated carbocycles. The van der Waals surface area contributed by atoms with Gasteiger partial charge in [-0.15, -0.1) is 0 Å². The number of nitrogens with two attached hydrogens (primary N) is 1. The molecule has 1 aromatic rings. The predicted octanol–water partition coefficient (Wildman–Crippen LogP) is 2.57. The number of benzene rings is 1. The number of primary amides is 1. The van der Waals surface area contributed by atoms with Gasteiger partial charge in [0, 0.05) is 12.5 Å². The lowest BCUT2D eigenvalue weighted by molar-refractivity contribution is -0.124. The number of hydrogen-bond donors (Lipinski definition) is 2. The summed E-state index contributed by atoms with van der Waals surface area (Å²) in [4.78, 5) is 11.7. The molecule has 21 heavy (non-hydrogen) atoms. The first kappa shape index (κ1) is 15.8. The lowest BCUT2D eigenvalue weighted by Gasteiger charge is -2.27. The molecule has 1 unspecified atom stereocenters. The maximum atomic E-state index is 11.7. The summed E-state index contributed by atoms with van der Waals surface area (Å²) in [6.07, 6.45) is 2.82. The van der Waals surface area contributed by atoms with Crippen molar-refractivity contribution in [3.63, 3.8) is 0 Å². The van der Waals surface area contributed by atoms with Crippen molar-refractivity contribution < 1.29 is 9.53 Å². The molecule has 1 amide bonds. The van der Waals surface area contributed by atoms with Gasteiger partial charge < -0.3 is 15.8 Å². The third kappa shape index (κ3) is 4.46. The highest BCUT2D eigenvalue weighted by molar-refractivity contribution is 5.84. The van der Waals surface area contributed by atoms with E-state index >= 15 is 0 Å². The summed E-state index contributed by atoms with van der Waals surface area (Å²) in [5, 5.41) is 3.32. The Hall–Kier alpha value is -1.55. The van der Waals surface area contributed by atoms with E-state index in [2.05, 4.69) is 31.3 Å². The van der Waals surface area contributed by atoms with Crippen molar-refractivity contribution in [3.8, 4) is 5.75 Å². The van der Waals surface area contributed by atoms with Gasteiger partial charge in [-0.05, 0) is 43.4 Å². The average molecular weight is 290 g/mol. The fourth-order valence-corrected chi connectivity index (χ4v) is 2.27. The van der Waals surface area contributed by atoms with E-state index in [9.17, 15) is 4.79 Å². The second kappa shape index (κ2) is 6.48. The molecule has 1 aliphatic carbocycles. The Bertz CT molecular complexity index is 480. The van der Waals surface area contributed by atoms with Crippen LogP contribution in [0.4, 0.5) is 0 Å². The molecular weight excluding hydrogens is 264 g/mol. The molecule has 0 heterocycles. The average Bonchev–Trinajstić information content (AvgIpc) is 3.23. The number of amides is 1. The SMILES string of the molecule is CC(C)c1ccc(OCCC(C)(NC2CC2)C(N)=O)cc1. The Morgan fingerprint density at radius 3 is 2.48 bits per heavy atom. The topological polar surface area (TPSA) is 64.3 Å². The molecule has 1 fully saturated rings. The van der Waals surface area contributed by atoms with Gasteiger partial charge in [0.1, 0.15) is 5.75 Å². The Balaban J connectivity index is 1.85. The van der Waals surface area contributed by atoms with Crippen LogP contribution in [0.15, 0.2) is 24.3 Å². The van der Waals surface area contributed by atoms with Crippen LogP contribution in [-0.2, 0) is 4.79 Å². The Kier molecular flexibility index (Phi) is 4.88. The lowest BCUT2D eigenvalue weighted by atomic mass is 9.97. The number of hydrogen-bond acceptors (Lipinski definition) is 3. The summed E-state index contributed by atoms with van der Waals surface area (Å²) in [5.41, 5.74) is 6.13. The Morgan fingerprint density at radius 2 is 2.00 bits per heavy atom. The van der Waals surface area contributed by atoms with Gasteiger partial charge in [-0.1, -0.05) is 26.0 Å². The highest BCUT2D eigenvalue weighted by Gasteiger charge is 2.36. The maximum absolute atomic E-state index is 11.7. The van der Waals surface area contributed by atoms with Crippen molar-refractivity contribution >= 4 is 5.91 Å². The van der Waals surface area contributed by atoms with Crippen molar-refractivity contribution in [3.05, 3.63) is 29.8 Å². The molecule has 2 rings (SSSR count). The van der Waals surface area contributed by atoms with Crippen molar-refractivity contribution in [2.75, 3.05) is 6.61 Å². The molecule has 0 radical (unpaired) electrons. The third-order valence-corrected chi connectivity index (χ3v) is 4.06. The highest BCUT2D eigenvalue weighted by atomic mass is 16.5. The minimum absolute atomic E-state index is 0.312. The summed E-state index contributed by atoms with van der Waals surface area (Å²) in [6, 6.07) is 8.55. The number of carbonyl (C=O) groups is 1. The molecular formula is C17H26N2O2. The van der Waals surface area contributed by atoms with Crippen molar-refractivity contribution in [2.24, 2.45) is 5.73 Å². The minimum Gasteiger partial charge on any atom is -0.494 e. The van der Waals surface area contributed by atoms with E-state index in [1.165, 1.54) is 5.56 Å². The first-order valence-electron chi connectivity index (χ1n) is 7.71. The number of nitrogens with one attached hydrogen (secondary N) is 1. The molecule has 1 aromatic carbocycles. The van der Waals surface area contributed by atoms with Crippen LogP contribution in [-0.4, -0.2) is 24.1 Å². The second-order valence-corrected chi connectivity index (χ2v) is 6.44. The first-order chi connectivity index (χ1) is 9.90. The third-order valence-electron chi connectivity index (χ3n) is 4.06. The molecule has 0 saturated heterocycles. The van der Waals surface area contributed by atoms with Crippen LogP contribution in [0.2, 0.25) is 0 Å². The van der Waals surface area contributed by atoms with Crippen LogP contribution in [0.1, 0.15) is 51.5 Å². The van der Waals surface area contributed by atoms with Gasteiger partial charge in [0.05, 0.1) is 12.1 Å². The second-order valence-electron chi connectivity index (χ2n) is 6.44. The van der Waals surface area contributed by atoms with Crippen molar-refractivity contribution in [2.45, 2.75) is 57.5 Å². The maximum Gasteiger partial charge on any atom is 0.237 e. The number of rotatable bonds is 8. The molecule has 1 atom stereocenters. The molecule has 4 nitrogen and oxygen atoms in total. The molecule has 1 aliphatic rings. The van der Waals surface area contributed by atoms with Gasteiger partial charge >= 0.3 is 0 Å². The van der Waals surface area contributed by atoms with Crippen LogP contribution in [0.25, 0.3) is 0 Å². The molecule has 0 spiro atoms. The molecule has 3 N–H and O–H groups in total. The summed E-state index contributed by atoms with van der Waals surface area (Å²) >= 11 is 0. The quantitative estimate of drug-likeness (QED) is 0.773. The normalized spacial score (nSPS) is 17.5. The van der Waals surface area contributed by atoms with Crippen LogP contribution in [0.5, 0.6) is 5.75 Å². The number of carbonyl (C=O) groups excluding carboxylic acids is 1. The fraction of sp³-hybridized carbons (Fsp3) is 0.588. The zero-order chi connectivity index (χ0) is 15.5. The zero-order valence-electron chi connectivity index (χ0n) is 13.2. The first-order valence-corrected chi connectivity index (χ1v) is 7.71. The van der Waals surface area contributed by atoms with E-state index in [0.717, 1.165) is 18.6 Å². The summed E-state index contributed by atoms with van der Waals surface area (Å²) in [6.45, 7) is 6.66. The van der Waals surface area contributed by atoms with Gasteiger partial charge in [-0.25, -0.2) is 0 Å². The van der Waals surface area contributed by atoms with Crippen LogP contribution < -0.4 is 15.8 Å². The van der Waals surface area contributed by atoms with E-state index in [1.807, 2.05) is 19.1 Å². The largest absolute Gasteiger partial charge is 0.494 e. The van der Waals surface area contributed by atoms with Crippen LogP contribution >= 0.6 is 0 Å². The summed E-state index contributed by atoms with van der Waals surface area (Å²) in [7, 11) is 0. The molecule has 0 bridgehead atoms. The summed E-state index contributed by atoms with van der Waals surface area (Å²) in [5.74, 6) is 1.03. The van der Waals surface area contributed by atoms with Gasteiger partial charge in [0.15, 0.2) is 0 Å². The van der Waals surface area contributed by atoms with E-state index in [0.29, 0.717) is 25.0 Å². The smallest absolute Gasteiger partial charge is 0.237 e.